The van der Waals surface area contributed by atoms with E-state index in [1.54, 1.807) is 0 Å². The summed E-state index contributed by atoms with van der Waals surface area (Å²) in [5.74, 6) is 0.836. The smallest absolute Gasteiger partial charge is 0.211 e. The number of rotatable bonds is 5. The highest BCUT2D eigenvalue weighted by Gasteiger charge is 2.24. The average molecular weight is 299 g/mol. The minimum atomic E-state index is -3.12. The lowest BCUT2D eigenvalue weighted by Gasteiger charge is -2.23. The first kappa shape index (κ1) is 16.2. The van der Waals surface area contributed by atoms with Crippen LogP contribution in [0.3, 0.4) is 0 Å². The lowest BCUT2D eigenvalue weighted by atomic mass is 10.0. The number of halogens is 1. The molecular formula is C11H23ClN2O3S. The number of nitrogens with one attached hydrogen (secondary N) is 2. The molecule has 2 aliphatic rings. The van der Waals surface area contributed by atoms with Crippen LogP contribution in [-0.4, -0.2) is 47.0 Å². The van der Waals surface area contributed by atoms with Gasteiger partial charge in [0.2, 0.25) is 10.0 Å². The van der Waals surface area contributed by atoms with Crippen LogP contribution in [0.15, 0.2) is 0 Å². The fourth-order valence-electron chi connectivity index (χ4n) is 2.43. The van der Waals surface area contributed by atoms with E-state index in [-0.39, 0.29) is 24.1 Å². The van der Waals surface area contributed by atoms with Crippen molar-refractivity contribution < 1.29 is 13.2 Å². The van der Waals surface area contributed by atoms with E-state index in [1.165, 1.54) is 0 Å². The molecule has 0 aromatic carbocycles. The molecule has 108 valence electrons. The van der Waals surface area contributed by atoms with Crippen LogP contribution >= 0.6 is 12.4 Å². The van der Waals surface area contributed by atoms with Gasteiger partial charge in [-0.1, -0.05) is 0 Å². The van der Waals surface area contributed by atoms with Crippen LogP contribution in [0, 0.1) is 11.8 Å². The van der Waals surface area contributed by atoms with Crippen LogP contribution in [0.5, 0.6) is 0 Å². The summed E-state index contributed by atoms with van der Waals surface area (Å²) in [5.41, 5.74) is 0. The molecule has 0 aromatic heterocycles. The van der Waals surface area contributed by atoms with Gasteiger partial charge in [0.05, 0.1) is 12.4 Å². The van der Waals surface area contributed by atoms with Crippen molar-refractivity contribution in [1.29, 1.82) is 0 Å². The average Bonchev–Trinajstić information content (AvgIpc) is 2.80. The van der Waals surface area contributed by atoms with E-state index >= 15 is 0 Å². The predicted octanol–water partition coefficient (Wildman–Crippen LogP) is 0.364. The molecule has 2 rings (SSSR count). The fraction of sp³-hybridized carbons (Fsp3) is 1.00. The van der Waals surface area contributed by atoms with Gasteiger partial charge in [-0.05, 0) is 44.2 Å². The van der Waals surface area contributed by atoms with Crippen LogP contribution < -0.4 is 10.0 Å². The third kappa shape index (κ3) is 5.40. The van der Waals surface area contributed by atoms with Crippen LogP contribution in [0.25, 0.3) is 0 Å². The highest BCUT2D eigenvalue weighted by Crippen LogP contribution is 2.14. The number of sulfonamides is 1. The summed E-state index contributed by atoms with van der Waals surface area (Å²) in [6.45, 7) is 3.85. The number of hydrogen-bond donors (Lipinski definition) is 2. The molecule has 5 nitrogen and oxygen atoms in total. The first-order valence-electron chi connectivity index (χ1n) is 6.41. The zero-order valence-electron chi connectivity index (χ0n) is 10.6. The largest absolute Gasteiger partial charge is 0.381 e. The first-order valence-corrected chi connectivity index (χ1v) is 8.07. The normalized spacial score (nSPS) is 28.9. The van der Waals surface area contributed by atoms with Gasteiger partial charge in [-0.25, -0.2) is 13.1 Å². The molecule has 0 aromatic rings. The van der Waals surface area contributed by atoms with E-state index in [0.717, 1.165) is 32.4 Å². The summed E-state index contributed by atoms with van der Waals surface area (Å²) in [6, 6.07) is 0. The number of ether oxygens (including phenoxy) is 1. The maximum Gasteiger partial charge on any atom is 0.211 e. The zero-order chi connectivity index (χ0) is 12.1. The number of hydrogen-bond acceptors (Lipinski definition) is 4. The Morgan fingerprint density at radius 2 is 2.11 bits per heavy atom. The van der Waals surface area contributed by atoms with Crippen molar-refractivity contribution >= 4 is 22.4 Å². The van der Waals surface area contributed by atoms with Crippen molar-refractivity contribution in [2.45, 2.75) is 19.3 Å². The van der Waals surface area contributed by atoms with Gasteiger partial charge in [0, 0.05) is 13.2 Å². The van der Waals surface area contributed by atoms with Gasteiger partial charge in [0.25, 0.3) is 0 Å². The Labute approximate surface area is 116 Å². The summed E-state index contributed by atoms with van der Waals surface area (Å²) >= 11 is 0. The van der Waals surface area contributed by atoms with Crippen LogP contribution in [0.1, 0.15) is 19.3 Å². The van der Waals surface area contributed by atoms with E-state index in [4.69, 9.17) is 4.74 Å². The highest BCUT2D eigenvalue weighted by molar-refractivity contribution is 7.89. The Kier molecular flexibility index (Phi) is 6.87. The summed E-state index contributed by atoms with van der Waals surface area (Å²) < 4.78 is 31.6. The second-order valence-corrected chi connectivity index (χ2v) is 6.92. The lowest BCUT2D eigenvalue weighted by Crippen LogP contribution is -2.39. The van der Waals surface area contributed by atoms with Gasteiger partial charge in [-0.3, -0.25) is 0 Å². The van der Waals surface area contributed by atoms with Crippen molar-refractivity contribution in [3.05, 3.63) is 0 Å². The topological polar surface area (TPSA) is 67.4 Å². The third-order valence-corrected chi connectivity index (χ3v) is 4.99. The summed E-state index contributed by atoms with van der Waals surface area (Å²) in [4.78, 5) is 0. The molecule has 2 atom stereocenters. The molecule has 2 fully saturated rings. The monoisotopic (exact) mass is 298 g/mol. The third-order valence-electron chi connectivity index (χ3n) is 3.47. The van der Waals surface area contributed by atoms with Crippen molar-refractivity contribution in [2.24, 2.45) is 11.8 Å². The van der Waals surface area contributed by atoms with Gasteiger partial charge in [-0.2, -0.15) is 0 Å². The van der Waals surface area contributed by atoms with E-state index < -0.39 is 10.0 Å². The minimum absolute atomic E-state index is 0. The molecule has 2 aliphatic heterocycles. The van der Waals surface area contributed by atoms with Crippen molar-refractivity contribution in [3.63, 3.8) is 0 Å². The molecule has 7 heteroatoms. The number of piperidine rings is 1. The zero-order valence-corrected chi connectivity index (χ0v) is 12.2. The second kappa shape index (κ2) is 7.65. The van der Waals surface area contributed by atoms with E-state index in [1.807, 2.05) is 0 Å². The van der Waals surface area contributed by atoms with E-state index in [0.29, 0.717) is 25.7 Å². The summed E-state index contributed by atoms with van der Waals surface area (Å²) in [6.07, 6.45) is 3.12. The quantitative estimate of drug-likeness (QED) is 0.769. The molecule has 2 saturated heterocycles. The molecule has 0 amide bonds. The highest BCUT2D eigenvalue weighted by atomic mass is 35.5. The summed E-state index contributed by atoms with van der Waals surface area (Å²) in [5, 5.41) is 3.29. The standard InChI is InChI=1S/C11H22N2O3S.ClH/c14-17(15,9-11-3-5-16-8-11)13-7-10-2-1-4-12-6-10;/h10-13H,1-9H2;1H. The lowest BCUT2D eigenvalue weighted by molar-refractivity contribution is 0.188. The molecule has 2 unspecified atom stereocenters. The van der Waals surface area contributed by atoms with Gasteiger partial charge < -0.3 is 10.1 Å². The second-order valence-electron chi connectivity index (χ2n) is 5.07. The molecule has 0 bridgehead atoms. The van der Waals surface area contributed by atoms with Crippen LogP contribution in [0.4, 0.5) is 0 Å². The van der Waals surface area contributed by atoms with Gasteiger partial charge in [0.1, 0.15) is 0 Å². The molecule has 2 heterocycles. The fourth-order valence-corrected chi connectivity index (χ4v) is 3.92. The molecule has 0 aliphatic carbocycles. The Hall–Kier alpha value is 0.120. The molecule has 0 radical (unpaired) electrons. The van der Waals surface area contributed by atoms with E-state index in [2.05, 4.69) is 10.0 Å². The van der Waals surface area contributed by atoms with Gasteiger partial charge in [-0.15, -0.1) is 12.4 Å². The van der Waals surface area contributed by atoms with Gasteiger partial charge >= 0.3 is 0 Å². The maximum atomic E-state index is 11.8. The van der Waals surface area contributed by atoms with Crippen LogP contribution in [-0.2, 0) is 14.8 Å². The molecular weight excluding hydrogens is 276 g/mol. The molecule has 0 spiro atoms. The van der Waals surface area contributed by atoms with Crippen molar-refractivity contribution in [2.75, 3.05) is 38.6 Å². The molecule has 0 saturated carbocycles. The van der Waals surface area contributed by atoms with Crippen molar-refractivity contribution in [3.8, 4) is 0 Å². The Balaban J connectivity index is 0.00000162. The van der Waals surface area contributed by atoms with E-state index in [9.17, 15) is 8.42 Å². The first-order chi connectivity index (χ1) is 8.16. The molecule has 2 N–H and O–H groups in total. The SMILES string of the molecule is Cl.O=S(=O)(CC1CCOC1)NCC1CCCNC1. The predicted molar refractivity (Wildman–Crippen MR) is 73.6 cm³/mol. The summed E-state index contributed by atoms with van der Waals surface area (Å²) in [7, 11) is -3.12. The Morgan fingerprint density at radius 1 is 1.28 bits per heavy atom. The maximum absolute atomic E-state index is 11.8. The minimum Gasteiger partial charge on any atom is -0.381 e. The Morgan fingerprint density at radius 3 is 2.72 bits per heavy atom. The van der Waals surface area contributed by atoms with Crippen molar-refractivity contribution in [1.82, 2.24) is 10.0 Å². The van der Waals surface area contributed by atoms with Gasteiger partial charge in [0.15, 0.2) is 0 Å². The van der Waals surface area contributed by atoms with Crippen LogP contribution in [0.2, 0.25) is 0 Å². The Bertz CT molecular complexity index is 325. The molecule has 18 heavy (non-hydrogen) atoms.